The number of esters is 1. The number of anilines is 2. The van der Waals surface area contributed by atoms with Crippen molar-refractivity contribution in [1.29, 1.82) is 5.26 Å². The van der Waals surface area contributed by atoms with Crippen LogP contribution in [0.25, 0.3) is 0 Å². The van der Waals surface area contributed by atoms with E-state index in [1.54, 1.807) is 42.3 Å². The van der Waals surface area contributed by atoms with Gasteiger partial charge in [-0.15, -0.1) is 0 Å². The molecule has 7 nitrogen and oxygen atoms in total. The third-order valence-electron chi connectivity index (χ3n) is 5.35. The Hall–Kier alpha value is -4.18. The highest BCUT2D eigenvalue weighted by Gasteiger charge is 2.27. The molecule has 174 valence electrons. The molecule has 1 amide bonds. The van der Waals surface area contributed by atoms with Crippen molar-refractivity contribution in [2.75, 3.05) is 23.4 Å². The van der Waals surface area contributed by atoms with Crippen molar-refractivity contribution in [1.82, 2.24) is 4.98 Å². The predicted octanol–water partition coefficient (Wildman–Crippen LogP) is 4.33. The lowest BCUT2D eigenvalue weighted by atomic mass is 10.1. The molecule has 0 aliphatic heterocycles. The first-order valence-electron chi connectivity index (χ1n) is 11.2. The van der Waals surface area contributed by atoms with Crippen molar-refractivity contribution in [3.05, 3.63) is 89.7 Å². The predicted molar refractivity (Wildman–Crippen MR) is 131 cm³/mol. The molecule has 1 N–H and O–H groups in total. The Kier molecular flexibility index (Phi) is 8.75. The third-order valence-corrected chi connectivity index (χ3v) is 5.35. The molecule has 34 heavy (non-hydrogen) atoms. The van der Waals surface area contributed by atoms with Crippen LogP contribution >= 0.6 is 0 Å². The molecule has 2 aromatic carbocycles. The minimum Gasteiger partial charge on any atom is -0.465 e. The minimum atomic E-state index is -0.604. The van der Waals surface area contributed by atoms with Gasteiger partial charge in [0.2, 0.25) is 5.91 Å². The van der Waals surface area contributed by atoms with Gasteiger partial charge in [-0.1, -0.05) is 25.1 Å². The number of benzene rings is 2. The van der Waals surface area contributed by atoms with Gasteiger partial charge in [-0.3, -0.25) is 14.6 Å². The number of hydrogen-bond acceptors (Lipinski definition) is 6. The van der Waals surface area contributed by atoms with Gasteiger partial charge in [-0.05, 0) is 73.4 Å². The van der Waals surface area contributed by atoms with Gasteiger partial charge in [0, 0.05) is 23.8 Å². The van der Waals surface area contributed by atoms with Crippen LogP contribution in [0, 0.1) is 11.3 Å². The lowest BCUT2D eigenvalue weighted by Crippen LogP contribution is -2.46. The molecule has 3 aromatic rings. The van der Waals surface area contributed by atoms with Crippen LogP contribution in [-0.2, 0) is 20.7 Å². The molecular weight excluding hydrogens is 428 g/mol. The largest absolute Gasteiger partial charge is 0.465 e. The normalized spacial score (nSPS) is 11.2. The molecule has 1 atom stereocenters. The maximum Gasteiger partial charge on any atom is 0.325 e. The Bertz CT molecular complexity index is 1120. The molecule has 0 aliphatic carbocycles. The zero-order valence-electron chi connectivity index (χ0n) is 19.4. The van der Waals surface area contributed by atoms with E-state index < -0.39 is 12.0 Å². The van der Waals surface area contributed by atoms with Crippen LogP contribution in [0.4, 0.5) is 11.4 Å². The molecule has 0 saturated carbocycles. The molecule has 0 spiro atoms. The maximum absolute atomic E-state index is 13.2. The Balaban J connectivity index is 1.75. The van der Waals surface area contributed by atoms with E-state index in [1.807, 2.05) is 49.5 Å². The van der Waals surface area contributed by atoms with Crippen LogP contribution in [0.5, 0.6) is 0 Å². The summed E-state index contributed by atoms with van der Waals surface area (Å²) in [5, 5.41) is 12.1. The number of amides is 1. The van der Waals surface area contributed by atoms with Crippen molar-refractivity contribution in [2.45, 2.75) is 32.7 Å². The number of aromatic nitrogens is 1. The Labute approximate surface area is 200 Å². The fourth-order valence-electron chi connectivity index (χ4n) is 3.67. The summed E-state index contributed by atoms with van der Waals surface area (Å²) in [4.78, 5) is 31.4. The van der Waals surface area contributed by atoms with Crippen molar-refractivity contribution in [3.8, 4) is 6.07 Å². The third kappa shape index (κ3) is 6.66. The fourth-order valence-corrected chi connectivity index (χ4v) is 3.67. The van der Waals surface area contributed by atoms with Gasteiger partial charge in [-0.2, -0.15) is 5.26 Å². The number of nitrogens with one attached hydrogen (secondary N) is 1. The van der Waals surface area contributed by atoms with Gasteiger partial charge >= 0.3 is 5.97 Å². The Morgan fingerprint density at radius 3 is 2.38 bits per heavy atom. The van der Waals surface area contributed by atoms with Crippen molar-refractivity contribution < 1.29 is 14.3 Å². The van der Waals surface area contributed by atoms with Crippen LogP contribution in [-0.4, -0.2) is 36.1 Å². The van der Waals surface area contributed by atoms with Crippen LogP contribution < -0.4 is 10.2 Å². The second-order valence-electron chi connectivity index (χ2n) is 7.74. The maximum atomic E-state index is 13.2. The lowest BCUT2D eigenvalue weighted by Gasteiger charge is -2.31. The highest BCUT2D eigenvalue weighted by Crippen LogP contribution is 2.21. The zero-order chi connectivity index (χ0) is 24.3. The van der Waals surface area contributed by atoms with E-state index in [-0.39, 0.29) is 19.1 Å². The highest BCUT2D eigenvalue weighted by atomic mass is 16.5. The minimum absolute atomic E-state index is 0.0737. The number of hydrogen-bond donors (Lipinski definition) is 1. The quantitative estimate of drug-likeness (QED) is 0.456. The molecule has 0 bridgehead atoms. The molecule has 0 radical (unpaired) electrons. The first kappa shape index (κ1) is 24.5. The van der Waals surface area contributed by atoms with Gasteiger partial charge in [0.25, 0.3) is 0 Å². The number of ether oxygens (including phenoxy) is 1. The molecule has 1 unspecified atom stereocenters. The van der Waals surface area contributed by atoms with Gasteiger partial charge < -0.3 is 15.0 Å². The van der Waals surface area contributed by atoms with E-state index in [9.17, 15) is 9.59 Å². The first-order valence-corrected chi connectivity index (χ1v) is 11.2. The number of nitriles is 1. The lowest BCUT2D eigenvalue weighted by molar-refractivity contribution is -0.141. The second-order valence-corrected chi connectivity index (χ2v) is 7.74. The van der Waals surface area contributed by atoms with Gasteiger partial charge in [-0.25, -0.2) is 0 Å². The average Bonchev–Trinajstić information content (AvgIpc) is 2.86. The molecule has 0 fully saturated rings. The topological polar surface area (TPSA) is 95.3 Å². The summed E-state index contributed by atoms with van der Waals surface area (Å²) in [5.41, 5.74) is 4.07. The van der Waals surface area contributed by atoms with Crippen LogP contribution in [0.1, 0.15) is 37.0 Å². The SMILES string of the molecule is CCOC(=O)CN(c1ccc(C#N)cc1)C(CC)C(=O)Nc1ccc(Cc2cccnc2)cc1. The van der Waals surface area contributed by atoms with Crippen LogP contribution in [0.2, 0.25) is 0 Å². The first-order chi connectivity index (χ1) is 16.5. The zero-order valence-corrected chi connectivity index (χ0v) is 19.4. The average molecular weight is 457 g/mol. The molecule has 1 heterocycles. The molecule has 3 rings (SSSR count). The number of carbonyl (C=O) groups is 2. The van der Waals surface area contributed by atoms with E-state index >= 15 is 0 Å². The molecular formula is C27H28N4O3. The van der Waals surface area contributed by atoms with E-state index in [4.69, 9.17) is 10.00 Å². The second kappa shape index (κ2) is 12.2. The van der Waals surface area contributed by atoms with Gasteiger partial charge in [0.05, 0.1) is 18.2 Å². The van der Waals surface area contributed by atoms with E-state index in [2.05, 4.69) is 16.4 Å². The number of pyridine rings is 1. The summed E-state index contributed by atoms with van der Waals surface area (Å²) in [6.45, 7) is 3.82. The summed E-state index contributed by atoms with van der Waals surface area (Å²) < 4.78 is 5.12. The molecule has 1 aromatic heterocycles. The summed E-state index contributed by atoms with van der Waals surface area (Å²) in [6, 6.07) is 19.9. The van der Waals surface area contributed by atoms with Crippen molar-refractivity contribution in [3.63, 3.8) is 0 Å². The van der Waals surface area contributed by atoms with Crippen LogP contribution in [0.3, 0.4) is 0 Å². The molecule has 7 heteroatoms. The van der Waals surface area contributed by atoms with E-state index in [0.717, 1.165) is 17.5 Å². The smallest absolute Gasteiger partial charge is 0.325 e. The monoisotopic (exact) mass is 456 g/mol. The van der Waals surface area contributed by atoms with Crippen LogP contribution in [0.15, 0.2) is 73.1 Å². The standard InChI is InChI=1S/C27H28N4O3/c1-3-25(31(19-26(32)34-4-2)24-13-9-21(17-28)10-14-24)27(33)30-23-11-7-20(8-12-23)16-22-6-5-15-29-18-22/h5-15,18,25H,3-4,16,19H2,1-2H3,(H,30,33). The van der Waals surface area contributed by atoms with Crippen molar-refractivity contribution >= 4 is 23.3 Å². The van der Waals surface area contributed by atoms with E-state index in [1.165, 1.54) is 0 Å². The van der Waals surface area contributed by atoms with Gasteiger partial charge in [0.1, 0.15) is 12.6 Å². The van der Waals surface area contributed by atoms with Gasteiger partial charge in [0.15, 0.2) is 0 Å². The highest BCUT2D eigenvalue weighted by molar-refractivity contribution is 5.97. The Morgan fingerprint density at radius 1 is 1.06 bits per heavy atom. The molecule has 0 saturated heterocycles. The summed E-state index contributed by atoms with van der Waals surface area (Å²) in [6.07, 6.45) is 4.81. The summed E-state index contributed by atoms with van der Waals surface area (Å²) >= 11 is 0. The molecule has 0 aliphatic rings. The summed E-state index contributed by atoms with van der Waals surface area (Å²) in [5.74, 6) is -0.644. The number of rotatable bonds is 10. The Morgan fingerprint density at radius 2 is 1.79 bits per heavy atom. The summed E-state index contributed by atoms with van der Waals surface area (Å²) in [7, 11) is 0. The fraction of sp³-hybridized carbons (Fsp3) is 0.259. The van der Waals surface area contributed by atoms with E-state index in [0.29, 0.717) is 23.4 Å². The number of carbonyl (C=O) groups excluding carboxylic acids is 2. The van der Waals surface area contributed by atoms with Crippen molar-refractivity contribution in [2.24, 2.45) is 0 Å². The number of nitrogens with zero attached hydrogens (tertiary/aromatic N) is 3.